The normalized spacial score (nSPS) is 15.9. The first-order chi connectivity index (χ1) is 14.6. The van der Waals surface area contributed by atoms with Crippen LogP contribution in [0.3, 0.4) is 0 Å². The summed E-state index contributed by atoms with van der Waals surface area (Å²) in [5, 5.41) is 26.5. The van der Waals surface area contributed by atoms with Crippen molar-refractivity contribution in [3.05, 3.63) is 59.7 Å². The predicted molar refractivity (Wildman–Crippen MR) is 116 cm³/mol. The number of benzene rings is 3. The maximum atomic E-state index is 13.0. The van der Waals surface area contributed by atoms with E-state index in [1.165, 1.54) is 0 Å². The van der Waals surface area contributed by atoms with E-state index in [1.807, 2.05) is 55.6 Å². The maximum absolute atomic E-state index is 13.0. The Bertz CT molecular complexity index is 1580. The maximum Gasteiger partial charge on any atom is 0.254 e. The zero-order valence-electron chi connectivity index (χ0n) is 16.3. The van der Waals surface area contributed by atoms with Gasteiger partial charge in [-0.15, -0.1) is 0 Å². The van der Waals surface area contributed by atoms with Crippen molar-refractivity contribution in [3.8, 4) is 6.07 Å². The van der Waals surface area contributed by atoms with E-state index in [9.17, 15) is 15.2 Å². The Kier molecular flexibility index (Phi) is 3.33. The molecular weight excluding hydrogens is 376 g/mol. The predicted octanol–water partition coefficient (Wildman–Crippen LogP) is 4.09. The number of aryl methyl sites for hydroxylation is 2. The molecule has 1 aliphatic rings. The molecule has 0 fully saturated rings. The summed E-state index contributed by atoms with van der Waals surface area (Å²) in [5.41, 5.74) is 5.09. The smallest absolute Gasteiger partial charge is 0.254 e. The highest BCUT2D eigenvalue weighted by molar-refractivity contribution is 6.30. The third-order valence-corrected chi connectivity index (χ3v) is 6.31. The van der Waals surface area contributed by atoms with E-state index < -0.39 is 6.23 Å². The molecule has 146 valence electrons. The number of aliphatic hydroxyl groups is 1. The molecule has 3 heterocycles. The number of hydrogen-bond acceptors (Lipinski definition) is 3. The standard InChI is InChI=1S/C24H18N4O2/c1-27-15-9-4-2-7-13(15)17-19-20(24(30)26-23(19)29)18-14-8-3-5-10-16(14)28(12-6-11-25)22(18)21(17)27/h2-5,7-10,23,29H,6,12H2,1H3,(H,26,30). The number of nitrogens with zero attached hydrogens (tertiary/aromatic N) is 3. The van der Waals surface area contributed by atoms with Crippen LogP contribution in [0, 0.1) is 11.3 Å². The summed E-state index contributed by atoms with van der Waals surface area (Å²) in [5.74, 6) is -0.263. The minimum atomic E-state index is -1.05. The van der Waals surface area contributed by atoms with Gasteiger partial charge in [-0.25, -0.2) is 0 Å². The second-order valence-electron chi connectivity index (χ2n) is 7.76. The van der Waals surface area contributed by atoms with Gasteiger partial charge in [-0.2, -0.15) is 5.26 Å². The van der Waals surface area contributed by atoms with Gasteiger partial charge in [-0.1, -0.05) is 36.4 Å². The number of amides is 1. The topological polar surface area (TPSA) is 83.0 Å². The Balaban J connectivity index is 2.00. The lowest BCUT2D eigenvalue weighted by atomic mass is 9.96. The number of fused-ring (bicyclic) bond motifs is 10. The highest BCUT2D eigenvalue weighted by Gasteiger charge is 2.36. The summed E-state index contributed by atoms with van der Waals surface area (Å²) in [6.45, 7) is 0.528. The van der Waals surface area contributed by atoms with Crippen molar-refractivity contribution in [1.29, 1.82) is 5.26 Å². The van der Waals surface area contributed by atoms with E-state index in [0.717, 1.165) is 43.6 Å². The van der Waals surface area contributed by atoms with E-state index in [4.69, 9.17) is 0 Å². The minimum absolute atomic E-state index is 0.263. The molecule has 1 aliphatic heterocycles. The van der Waals surface area contributed by atoms with Gasteiger partial charge < -0.3 is 19.6 Å². The van der Waals surface area contributed by atoms with Gasteiger partial charge >= 0.3 is 0 Å². The van der Waals surface area contributed by atoms with E-state index >= 15 is 0 Å². The van der Waals surface area contributed by atoms with Crippen LogP contribution in [-0.4, -0.2) is 20.1 Å². The molecule has 1 atom stereocenters. The zero-order valence-corrected chi connectivity index (χ0v) is 16.3. The van der Waals surface area contributed by atoms with Crippen LogP contribution in [0.5, 0.6) is 0 Å². The van der Waals surface area contributed by atoms with Gasteiger partial charge in [0.1, 0.15) is 0 Å². The van der Waals surface area contributed by atoms with Crippen LogP contribution in [0.25, 0.3) is 43.6 Å². The second-order valence-corrected chi connectivity index (χ2v) is 7.76. The molecule has 2 aromatic heterocycles. The van der Waals surface area contributed by atoms with Gasteiger partial charge in [0.2, 0.25) is 0 Å². The molecule has 5 aromatic rings. The molecule has 0 bridgehead atoms. The molecule has 0 saturated heterocycles. The van der Waals surface area contributed by atoms with Crippen molar-refractivity contribution in [2.75, 3.05) is 0 Å². The summed E-state index contributed by atoms with van der Waals surface area (Å²) < 4.78 is 4.28. The number of hydrogen-bond donors (Lipinski definition) is 2. The third-order valence-electron chi connectivity index (χ3n) is 6.31. The minimum Gasteiger partial charge on any atom is -0.369 e. The second kappa shape index (κ2) is 5.85. The zero-order chi connectivity index (χ0) is 20.6. The Morgan fingerprint density at radius 3 is 2.43 bits per heavy atom. The molecule has 30 heavy (non-hydrogen) atoms. The largest absolute Gasteiger partial charge is 0.369 e. The Morgan fingerprint density at radius 2 is 1.70 bits per heavy atom. The molecule has 6 rings (SSSR count). The van der Waals surface area contributed by atoms with Crippen LogP contribution >= 0.6 is 0 Å². The molecule has 0 saturated carbocycles. The van der Waals surface area contributed by atoms with Gasteiger partial charge in [-0.3, -0.25) is 4.79 Å². The Hall–Kier alpha value is -3.82. The van der Waals surface area contributed by atoms with Crippen LogP contribution in [0.15, 0.2) is 48.5 Å². The van der Waals surface area contributed by atoms with Crippen LogP contribution in [0.1, 0.15) is 28.6 Å². The molecule has 0 radical (unpaired) electrons. The fraction of sp³-hybridized carbons (Fsp3) is 0.167. The third kappa shape index (κ3) is 1.92. The van der Waals surface area contributed by atoms with Gasteiger partial charge in [0.25, 0.3) is 5.91 Å². The summed E-state index contributed by atoms with van der Waals surface area (Å²) in [6, 6.07) is 18.2. The molecule has 6 nitrogen and oxygen atoms in total. The lowest BCUT2D eigenvalue weighted by Gasteiger charge is -2.11. The van der Waals surface area contributed by atoms with Crippen LogP contribution in [0.2, 0.25) is 0 Å². The lowest BCUT2D eigenvalue weighted by Crippen LogP contribution is -2.18. The van der Waals surface area contributed by atoms with E-state index in [1.54, 1.807) is 0 Å². The highest BCUT2D eigenvalue weighted by atomic mass is 16.3. The average Bonchev–Trinajstić information content (AvgIpc) is 3.35. The molecule has 0 aliphatic carbocycles. The van der Waals surface area contributed by atoms with Crippen molar-refractivity contribution in [1.82, 2.24) is 14.5 Å². The number of aromatic nitrogens is 2. The number of rotatable bonds is 2. The van der Waals surface area contributed by atoms with Gasteiger partial charge in [0, 0.05) is 51.7 Å². The van der Waals surface area contributed by atoms with Gasteiger partial charge in [0.15, 0.2) is 6.23 Å². The monoisotopic (exact) mass is 394 g/mol. The van der Waals surface area contributed by atoms with Crippen molar-refractivity contribution < 1.29 is 9.90 Å². The van der Waals surface area contributed by atoms with Crippen molar-refractivity contribution in [2.45, 2.75) is 19.2 Å². The molecule has 3 aromatic carbocycles. The van der Waals surface area contributed by atoms with E-state index in [2.05, 4.69) is 20.5 Å². The SMILES string of the molecule is Cn1c2ccccc2c2c3c(c4c5ccccc5n(CCC#N)c4c21)C(=O)NC3O. The fourth-order valence-electron chi connectivity index (χ4n) is 5.18. The summed E-state index contributed by atoms with van der Waals surface area (Å²) in [6.07, 6.45) is -0.683. The van der Waals surface area contributed by atoms with Crippen molar-refractivity contribution in [2.24, 2.45) is 7.05 Å². The number of carbonyl (C=O) groups is 1. The summed E-state index contributed by atoms with van der Waals surface area (Å²) >= 11 is 0. The molecule has 2 N–H and O–H groups in total. The lowest BCUT2D eigenvalue weighted by molar-refractivity contribution is 0.0853. The average molecular weight is 394 g/mol. The van der Waals surface area contributed by atoms with Crippen molar-refractivity contribution in [3.63, 3.8) is 0 Å². The molecule has 6 heteroatoms. The summed E-state index contributed by atoms with van der Waals surface area (Å²) in [4.78, 5) is 13.0. The molecular formula is C24H18N4O2. The molecule has 0 spiro atoms. The summed E-state index contributed by atoms with van der Waals surface area (Å²) in [7, 11) is 2.01. The first kappa shape index (κ1) is 17.1. The van der Waals surface area contributed by atoms with Crippen LogP contribution < -0.4 is 5.32 Å². The highest BCUT2D eigenvalue weighted by Crippen LogP contribution is 2.46. The Labute approximate surface area is 171 Å². The number of carbonyl (C=O) groups excluding carboxylic acids is 1. The van der Waals surface area contributed by atoms with Crippen molar-refractivity contribution >= 4 is 49.5 Å². The van der Waals surface area contributed by atoms with E-state index in [-0.39, 0.29) is 5.91 Å². The van der Waals surface area contributed by atoms with Gasteiger partial charge in [-0.05, 0) is 12.1 Å². The first-order valence-corrected chi connectivity index (χ1v) is 9.93. The van der Waals surface area contributed by atoms with Gasteiger partial charge in [0.05, 0.1) is 29.1 Å². The number of nitriles is 1. The Morgan fingerprint density at radius 1 is 1.03 bits per heavy atom. The van der Waals surface area contributed by atoms with E-state index in [0.29, 0.717) is 24.1 Å². The quantitative estimate of drug-likeness (QED) is 0.473. The van der Waals surface area contributed by atoms with Crippen LogP contribution in [-0.2, 0) is 13.6 Å². The van der Waals surface area contributed by atoms with Crippen LogP contribution in [0.4, 0.5) is 0 Å². The first-order valence-electron chi connectivity index (χ1n) is 9.93. The number of para-hydroxylation sites is 2. The molecule has 1 amide bonds. The fourth-order valence-corrected chi connectivity index (χ4v) is 5.18. The number of nitrogens with one attached hydrogen (secondary N) is 1. The number of aliphatic hydroxyl groups excluding tert-OH is 1. The molecule has 1 unspecified atom stereocenters.